The summed E-state index contributed by atoms with van der Waals surface area (Å²) >= 11 is 0. The summed E-state index contributed by atoms with van der Waals surface area (Å²) < 4.78 is 0. The predicted molar refractivity (Wildman–Crippen MR) is 74.7 cm³/mol. The Bertz CT molecular complexity index is 394. The lowest BCUT2D eigenvalue weighted by Gasteiger charge is -2.31. The Hall–Kier alpha value is -1.62. The minimum absolute atomic E-state index is 0.0897. The molecule has 1 aliphatic rings. The molecule has 5 heteroatoms. The lowest BCUT2D eigenvalue weighted by atomic mass is 9.92. The van der Waals surface area contributed by atoms with Crippen LogP contribution in [0.1, 0.15) is 18.5 Å². The van der Waals surface area contributed by atoms with Gasteiger partial charge in [-0.05, 0) is 38.3 Å². The first-order valence-electron chi connectivity index (χ1n) is 6.85. The zero-order valence-corrected chi connectivity index (χ0v) is 11.3. The van der Waals surface area contributed by atoms with Crippen molar-refractivity contribution in [2.45, 2.75) is 19.3 Å². The number of piperidine rings is 1. The number of aromatic nitrogens is 2. The smallest absolute Gasteiger partial charge is 0.234 e. The van der Waals surface area contributed by atoms with E-state index in [1.54, 1.807) is 12.4 Å². The van der Waals surface area contributed by atoms with E-state index in [0.717, 1.165) is 32.4 Å². The Morgan fingerprint density at radius 3 is 3.00 bits per heavy atom. The van der Waals surface area contributed by atoms with Crippen molar-refractivity contribution < 1.29 is 4.79 Å². The number of carbonyl (C=O) groups is 1. The van der Waals surface area contributed by atoms with E-state index < -0.39 is 0 Å². The number of aromatic amines is 1. The van der Waals surface area contributed by atoms with E-state index in [-0.39, 0.29) is 5.91 Å². The van der Waals surface area contributed by atoms with Crippen LogP contribution in [0.25, 0.3) is 0 Å². The van der Waals surface area contributed by atoms with Crippen molar-refractivity contribution in [2.75, 3.05) is 26.2 Å². The van der Waals surface area contributed by atoms with Gasteiger partial charge < -0.3 is 10.3 Å². The molecule has 0 saturated carbocycles. The van der Waals surface area contributed by atoms with Gasteiger partial charge in [0.05, 0.1) is 12.9 Å². The molecule has 1 fully saturated rings. The van der Waals surface area contributed by atoms with Gasteiger partial charge in [-0.1, -0.05) is 6.08 Å². The number of rotatable bonds is 6. The SMILES string of the molecule is C=CCNC(=O)CN1CCC(Cc2cnc[nH]2)CC1. The van der Waals surface area contributed by atoms with E-state index in [4.69, 9.17) is 0 Å². The van der Waals surface area contributed by atoms with E-state index in [1.807, 2.05) is 6.20 Å². The van der Waals surface area contributed by atoms with Gasteiger partial charge in [-0.15, -0.1) is 6.58 Å². The van der Waals surface area contributed by atoms with Crippen molar-refractivity contribution in [3.05, 3.63) is 30.9 Å². The van der Waals surface area contributed by atoms with E-state index in [0.29, 0.717) is 19.0 Å². The van der Waals surface area contributed by atoms with Gasteiger partial charge in [0.15, 0.2) is 0 Å². The summed E-state index contributed by atoms with van der Waals surface area (Å²) in [6.07, 6.45) is 8.69. The maximum Gasteiger partial charge on any atom is 0.234 e. The fraction of sp³-hybridized carbons (Fsp3) is 0.571. The van der Waals surface area contributed by atoms with Crippen molar-refractivity contribution in [2.24, 2.45) is 5.92 Å². The lowest BCUT2D eigenvalue weighted by molar-refractivity contribution is -0.122. The molecule has 1 aliphatic heterocycles. The van der Waals surface area contributed by atoms with Crippen LogP contribution in [-0.4, -0.2) is 47.0 Å². The van der Waals surface area contributed by atoms with Crippen LogP contribution < -0.4 is 5.32 Å². The molecule has 0 atom stereocenters. The highest BCUT2D eigenvalue weighted by Gasteiger charge is 2.21. The first kappa shape index (κ1) is 13.8. The molecule has 0 unspecified atom stereocenters. The molecule has 0 radical (unpaired) electrons. The van der Waals surface area contributed by atoms with Gasteiger partial charge in [-0.3, -0.25) is 9.69 Å². The topological polar surface area (TPSA) is 61.0 Å². The molecule has 0 aromatic carbocycles. The second-order valence-corrected chi connectivity index (χ2v) is 5.09. The monoisotopic (exact) mass is 262 g/mol. The molecule has 0 aliphatic carbocycles. The summed E-state index contributed by atoms with van der Waals surface area (Å²) in [6, 6.07) is 0. The number of nitrogens with zero attached hydrogens (tertiary/aromatic N) is 2. The Kier molecular flexibility index (Phi) is 5.15. The second kappa shape index (κ2) is 7.09. The van der Waals surface area contributed by atoms with Gasteiger partial charge in [-0.2, -0.15) is 0 Å². The summed E-state index contributed by atoms with van der Waals surface area (Å²) in [6.45, 7) is 6.64. The minimum Gasteiger partial charge on any atom is -0.352 e. The van der Waals surface area contributed by atoms with Gasteiger partial charge in [0, 0.05) is 18.4 Å². The Morgan fingerprint density at radius 1 is 1.58 bits per heavy atom. The van der Waals surface area contributed by atoms with Crippen LogP contribution in [0.4, 0.5) is 0 Å². The molecular formula is C14H22N4O. The van der Waals surface area contributed by atoms with Crippen LogP contribution in [0, 0.1) is 5.92 Å². The van der Waals surface area contributed by atoms with E-state index >= 15 is 0 Å². The highest BCUT2D eigenvalue weighted by Crippen LogP contribution is 2.20. The molecule has 5 nitrogen and oxygen atoms in total. The Labute approximate surface area is 114 Å². The molecular weight excluding hydrogens is 240 g/mol. The zero-order chi connectivity index (χ0) is 13.5. The largest absolute Gasteiger partial charge is 0.352 e. The number of hydrogen-bond acceptors (Lipinski definition) is 3. The highest BCUT2D eigenvalue weighted by atomic mass is 16.2. The first-order valence-corrected chi connectivity index (χ1v) is 6.85. The van der Waals surface area contributed by atoms with Crippen molar-refractivity contribution in [1.29, 1.82) is 0 Å². The maximum absolute atomic E-state index is 11.6. The third-order valence-electron chi connectivity index (χ3n) is 3.58. The number of hydrogen-bond donors (Lipinski definition) is 2. The van der Waals surface area contributed by atoms with Crippen LogP contribution in [0.5, 0.6) is 0 Å². The van der Waals surface area contributed by atoms with Crippen LogP contribution >= 0.6 is 0 Å². The molecule has 1 aromatic heterocycles. The zero-order valence-electron chi connectivity index (χ0n) is 11.3. The fourth-order valence-electron chi connectivity index (χ4n) is 2.50. The standard InChI is InChI=1S/C14H22N4O/c1-2-5-16-14(19)10-18-6-3-12(4-7-18)8-13-9-15-11-17-13/h2,9,11-12H,1,3-8,10H2,(H,15,17)(H,16,19). The number of amides is 1. The van der Waals surface area contributed by atoms with E-state index in [1.165, 1.54) is 5.69 Å². The van der Waals surface area contributed by atoms with Crippen LogP contribution in [0.15, 0.2) is 25.2 Å². The lowest BCUT2D eigenvalue weighted by Crippen LogP contribution is -2.41. The number of H-pyrrole nitrogens is 1. The summed E-state index contributed by atoms with van der Waals surface area (Å²) in [5.41, 5.74) is 1.21. The normalized spacial score (nSPS) is 17.3. The van der Waals surface area contributed by atoms with Gasteiger partial charge in [-0.25, -0.2) is 4.98 Å². The van der Waals surface area contributed by atoms with Gasteiger partial charge in [0.25, 0.3) is 0 Å². The molecule has 0 spiro atoms. The quantitative estimate of drug-likeness (QED) is 0.751. The third kappa shape index (κ3) is 4.52. The minimum atomic E-state index is 0.0897. The Morgan fingerprint density at radius 2 is 2.37 bits per heavy atom. The number of carbonyl (C=O) groups excluding carboxylic acids is 1. The van der Waals surface area contributed by atoms with Crippen molar-refractivity contribution in [3.8, 4) is 0 Å². The van der Waals surface area contributed by atoms with Crippen LogP contribution in [0.2, 0.25) is 0 Å². The van der Waals surface area contributed by atoms with Crippen molar-refractivity contribution in [3.63, 3.8) is 0 Å². The van der Waals surface area contributed by atoms with Crippen molar-refractivity contribution in [1.82, 2.24) is 20.2 Å². The van der Waals surface area contributed by atoms with E-state index in [2.05, 4.69) is 26.8 Å². The summed E-state index contributed by atoms with van der Waals surface area (Å²) in [5, 5.41) is 2.82. The maximum atomic E-state index is 11.6. The predicted octanol–water partition coefficient (Wildman–Crippen LogP) is 0.966. The van der Waals surface area contributed by atoms with Crippen molar-refractivity contribution >= 4 is 5.91 Å². The molecule has 2 N–H and O–H groups in total. The summed E-state index contributed by atoms with van der Waals surface area (Å²) in [7, 11) is 0. The third-order valence-corrected chi connectivity index (χ3v) is 3.58. The molecule has 2 rings (SSSR count). The number of imidazole rings is 1. The average molecular weight is 262 g/mol. The molecule has 104 valence electrons. The summed E-state index contributed by atoms with van der Waals surface area (Å²) in [4.78, 5) is 21.0. The molecule has 19 heavy (non-hydrogen) atoms. The van der Waals surface area contributed by atoms with Crippen LogP contribution in [0.3, 0.4) is 0 Å². The first-order chi connectivity index (χ1) is 9.28. The fourth-order valence-corrected chi connectivity index (χ4v) is 2.50. The molecule has 0 bridgehead atoms. The van der Waals surface area contributed by atoms with Crippen LogP contribution in [-0.2, 0) is 11.2 Å². The molecule has 1 aromatic rings. The van der Waals surface area contributed by atoms with Gasteiger partial charge >= 0.3 is 0 Å². The Balaban J connectivity index is 1.67. The molecule has 1 amide bonds. The van der Waals surface area contributed by atoms with E-state index in [9.17, 15) is 4.79 Å². The van der Waals surface area contributed by atoms with Gasteiger partial charge in [0.1, 0.15) is 0 Å². The van der Waals surface area contributed by atoms with Gasteiger partial charge in [0.2, 0.25) is 5.91 Å². The number of likely N-dealkylation sites (tertiary alicyclic amines) is 1. The molecule has 2 heterocycles. The average Bonchev–Trinajstić information content (AvgIpc) is 2.91. The number of nitrogens with one attached hydrogen (secondary N) is 2. The summed E-state index contributed by atoms with van der Waals surface area (Å²) in [5.74, 6) is 0.792. The second-order valence-electron chi connectivity index (χ2n) is 5.09. The highest BCUT2D eigenvalue weighted by molar-refractivity contribution is 5.78. The molecule has 1 saturated heterocycles.